The van der Waals surface area contributed by atoms with Gasteiger partial charge in [0.15, 0.2) is 9.84 Å². The summed E-state index contributed by atoms with van der Waals surface area (Å²) in [6.45, 7) is 7.94. The molecule has 3 rings (SSSR count). The third-order valence-electron chi connectivity index (χ3n) is 5.86. The fourth-order valence-electron chi connectivity index (χ4n) is 3.93. The molecule has 0 bridgehead atoms. The van der Waals surface area contributed by atoms with Crippen molar-refractivity contribution in [2.24, 2.45) is 5.92 Å². The van der Waals surface area contributed by atoms with Crippen molar-refractivity contribution >= 4 is 40.3 Å². The molecule has 0 radical (unpaired) electrons. The highest BCUT2D eigenvalue weighted by Gasteiger charge is 2.21. The van der Waals surface area contributed by atoms with Gasteiger partial charge in [0.1, 0.15) is 0 Å². The van der Waals surface area contributed by atoms with Crippen LogP contribution in [0.4, 0.5) is 5.69 Å². The lowest BCUT2D eigenvalue weighted by atomic mass is 9.90. The van der Waals surface area contributed by atoms with Crippen LogP contribution < -0.4 is 5.32 Å². The van der Waals surface area contributed by atoms with Gasteiger partial charge in [0.25, 0.3) is 0 Å². The SMILES string of the molecule is CC(C)S(=O)(=O)c1ccc(CC2CCN(CCCNc3ccccc3)CC2)cc1.Cl.Cl. The average molecular weight is 488 g/mol. The first-order chi connectivity index (χ1) is 13.9. The molecule has 4 nitrogen and oxygen atoms in total. The van der Waals surface area contributed by atoms with Gasteiger partial charge >= 0.3 is 0 Å². The van der Waals surface area contributed by atoms with Crippen LogP contribution in [0.1, 0.15) is 38.7 Å². The molecular weight excluding hydrogens is 451 g/mol. The number of piperidine rings is 1. The molecule has 1 fully saturated rings. The van der Waals surface area contributed by atoms with Gasteiger partial charge in [0.2, 0.25) is 0 Å². The Morgan fingerprint density at radius 2 is 1.58 bits per heavy atom. The van der Waals surface area contributed by atoms with Crippen molar-refractivity contribution in [3.05, 3.63) is 60.2 Å². The Balaban J connectivity index is 0.00000240. The highest BCUT2D eigenvalue weighted by Crippen LogP contribution is 2.23. The highest BCUT2D eigenvalue weighted by molar-refractivity contribution is 7.92. The summed E-state index contributed by atoms with van der Waals surface area (Å²) in [5, 5.41) is 3.10. The van der Waals surface area contributed by atoms with E-state index in [0.29, 0.717) is 10.8 Å². The molecule has 2 aromatic carbocycles. The van der Waals surface area contributed by atoms with E-state index in [1.807, 2.05) is 18.2 Å². The zero-order valence-electron chi connectivity index (χ0n) is 18.5. The van der Waals surface area contributed by atoms with E-state index >= 15 is 0 Å². The maximum Gasteiger partial charge on any atom is 0.180 e. The Labute approximate surface area is 200 Å². The molecule has 1 aliphatic rings. The van der Waals surface area contributed by atoms with Gasteiger partial charge in [-0.2, -0.15) is 0 Å². The first-order valence-corrected chi connectivity index (χ1v) is 12.3. The van der Waals surface area contributed by atoms with E-state index in [-0.39, 0.29) is 30.1 Å². The fraction of sp³-hybridized carbons (Fsp3) is 0.500. The Morgan fingerprint density at radius 1 is 0.968 bits per heavy atom. The summed E-state index contributed by atoms with van der Waals surface area (Å²) in [6.07, 6.45) is 4.65. The fourth-order valence-corrected chi connectivity index (χ4v) is 4.99. The number of sulfone groups is 1. The largest absolute Gasteiger partial charge is 0.385 e. The van der Waals surface area contributed by atoms with Crippen molar-refractivity contribution in [3.63, 3.8) is 0 Å². The summed E-state index contributed by atoms with van der Waals surface area (Å²) in [6, 6.07) is 17.9. The molecule has 0 spiro atoms. The average Bonchev–Trinajstić information content (AvgIpc) is 2.73. The first kappa shape index (κ1) is 27.8. The second kappa shape index (κ2) is 13.3. The number of nitrogens with one attached hydrogen (secondary N) is 1. The molecule has 0 aromatic heterocycles. The molecule has 1 N–H and O–H groups in total. The number of rotatable bonds is 9. The Hall–Kier alpha value is -1.27. The summed E-state index contributed by atoms with van der Waals surface area (Å²) in [5.41, 5.74) is 2.44. The maximum absolute atomic E-state index is 12.2. The van der Waals surface area contributed by atoms with Gasteiger partial charge in [-0.15, -0.1) is 24.8 Å². The summed E-state index contributed by atoms with van der Waals surface area (Å²) < 4.78 is 24.5. The van der Waals surface area contributed by atoms with E-state index in [9.17, 15) is 8.42 Å². The Kier molecular flexibility index (Phi) is 11.9. The van der Waals surface area contributed by atoms with E-state index < -0.39 is 9.84 Å². The van der Waals surface area contributed by atoms with E-state index in [1.54, 1.807) is 26.0 Å². The van der Waals surface area contributed by atoms with Crippen molar-refractivity contribution in [2.75, 3.05) is 31.5 Å². The molecule has 0 aliphatic carbocycles. The van der Waals surface area contributed by atoms with E-state index in [4.69, 9.17) is 0 Å². The lowest BCUT2D eigenvalue weighted by Gasteiger charge is -2.32. The number of para-hydroxylation sites is 1. The van der Waals surface area contributed by atoms with E-state index in [1.165, 1.54) is 24.1 Å². The molecular formula is C24H36Cl2N2O2S. The summed E-state index contributed by atoms with van der Waals surface area (Å²) >= 11 is 0. The minimum atomic E-state index is -3.17. The summed E-state index contributed by atoms with van der Waals surface area (Å²) in [5.74, 6) is 0.696. The normalized spacial score (nSPS) is 15.2. The quantitative estimate of drug-likeness (QED) is 0.477. The molecule has 1 heterocycles. The zero-order chi connectivity index (χ0) is 20.7. The molecule has 0 saturated carbocycles. The minimum Gasteiger partial charge on any atom is -0.385 e. The third kappa shape index (κ3) is 8.30. The first-order valence-electron chi connectivity index (χ1n) is 10.8. The maximum atomic E-state index is 12.2. The van der Waals surface area contributed by atoms with Gasteiger partial charge in [0.05, 0.1) is 10.1 Å². The number of halogens is 2. The van der Waals surface area contributed by atoms with Crippen LogP contribution in [0.2, 0.25) is 0 Å². The monoisotopic (exact) mass is 486 g/mol. The molecule has 2 aromatic rings. The number of hydrogen-bond donors (Lipinski definition) is 1. The molecule has 0 atom stereocenters. The van der Waals surface area contributed by atoms with Crippen molar-refractivity contribution < 1.29 is 8.42 Å². The summed E-state index contributed by atoms with van der Waals surface area (Å²) in [7, 11) is -3.17. The van der Waals surface area contributed by atoms with Gasteiger partial charge in [-0.1, -0.05) is 30.3 Å². The zero-order valence-corrected chi connectivity index (χ0v) is 20.9. The number of hydrogen-bond acceptors (Lipinski definition) is 4. The molecule has 0 unspecified atom stereocenters. The summed E-state index contributed by atoms with van der Waals surface area (Å²) in [4.78, 5) is 3.01. The van der Waals surface area contributed by atoms with Crippen molar-refractivity contribution in [1.82, 2.24) is 4.90 Å². The number of benzene rings is 2. The van der Waals surface area contributed by atoms with Crippen LogP contribution in [0, 0.1) is 5.92 Å². The standard InChI is InChI=1S/C24H34N2O2S.2ClH/c1-20(2)29(27,28)24-11-9-21(10-12-24)19-22-13-17-26(18-14-22)16-6-15-25-23-7-4-3-5-8-23;;/h3-5,7-12,20,22,25H,6,13-19H2,1-2H3;2*1H. The minimum absolute atomic E-state index is 0. The van der Waals surface area contributed by atoms with Crippen LogP contribution >= 0.6 is 24.8 Å². The topological polar surface area (TPSA) is 49.4 Å². The Bertz CT molecular complexity index is 851. The van der Waals surface area contributed by atoms with Gasteiger partial charge in [-0.3, -0.25) is 0 Å². The second-order valence-corrected chi connectivity index (χ2v) is 10.9. The second-order valence-electron chi connectivity index (χ2n) is 8.37. The third-order valence-corrected chi connectivity index (χ3v) is 8.03. The van der Waals surface area contributed by atoms with Crippen molar-refractivity contribution in [3.8, 4) is 0 Å². The van der Waals surface area contributed by atoms with Gasteiger partial charge < -0.3 is 10.2 Å². The predicted molar refractivity (Wildman–Crippen MR) is 136 cm³/mol. The van der Waals surface area contributed by atoms with Crippen LogP contribution in [0.25, 0.3) is 0 Å². The molecule has 0 amide bonds. The predicted octanol–water partition coefficient (Wildman–Crippen LogP) is 5.47. The van der Waals surface area contributed by atoms with E-state index in [2.05, 4.69) is 34.5 Å². The van der Waals surface area contributed by atoms with Gasteiger partial charge in [-0.05, 0) is 94.9 Å². The number of nitrogens with zero attached hydrogens (tertiary/aromatic N) is 1. The molecule has 31 heavy (non-hydrogen) atoms. The molecule has 1 saturated heterocycles. The molecule has 174 valence electrons. The van der Waals surface area contributed by atoms with Crippen LogP contribution in [0.3, 0.4) is 0 Å². The Morgan fingerprint density at radius 3 is 2.16 bits per heavy atom. The van der Waals surface area contributed by atoms with Crippen molar-refractivity contribution in [1.29, 1.82) is 0 Å². The van der Waals surface area contributed by atoms with E-state index in [0.717, 1.165) is 39.0 Å². The van der Waals surface area contributed by atoms with Crippen LogP contribution in [-0.2, 0) is 16.3 Å². The number of anilines is 1. The smallest absolute Gasteiger partial charge is 0.180 e. The van der Waals surface area contributed by atoms with Crippen LogP contribution in [0.15, 0.2) is 59.5 Å². The number of likely N-dealkylation sites (tertiary alicyclic amines) is 1. The lowest BCUT2D eigenvalue weighted by molar-refractivity contribution is 0.183. The van der Waals surface area contributed by atoms with Gasteiger partial charge in [0, 0.05) is 12.2 Å². The highest BCUT2D eigenvalue weighted by atomic mass is 35.5. The van der Waals surface area contributed by atoms with Crippen LogP contribution in [0.5, 0.6) is 0 Å². The van der Waals surface area contributed by atoms with Crippen LogP contribution in [-0.4, -0.2) is 44.7 Å². The van der Waals surface area contributed by atoms with Crippen molar-refractivity contribution in [2.45, 2.75) is 49.7 Å². The molecule has 1 aliphatic heterocycles. The lowest BCUT2D eigenvalue weighted by Crippen LogP contribution is -2.35. The molecule has 7 heteroatoms. The van der Waals surface area contributed by atoms with Gasteiger partial charge in [-0.25, -0.2) is 8.42 Å².